The first-order valence-electron chi connectivity index (χ1n) is 8.67. The molecule has 0 saturated heterocycles. The Balaban J connectivity index is 1.51. The fourth-order valence-corrected chi connectivity index (χ4v) is 3.53. The van der Waals surface area contributed by atoms with E-state index in [1.807, 2.05) is 84.9 Å². The van der Waals surface area contributed by atoms with Gasteiger partial charge >= 0.3 is 0 Å². The molecule has 1 amide bonds. The Hall–Kier alpha value is -3.05. The lowest BCUT2D eigenvalue weighted by Gasteiger charge is -2.22. The highest BCUT2D eigenvalue weighted by Crippen LogP contribution is 2.25. The maximum absolute atomic E-state index is 13.0. The minimum absolute atomic E-state index is 0.0114. The van der Waals surface area contributed by atoms with Crippen molar-refractivity contribution in [1.82, 2.24) is 4.98 Å². The van der Waals surface area contributed by atoms with Gasteiger partial charge in [0.2, 0.25) is 5.91 Å². The Labute approximate surface area is 161 Å². The highest BCUT2D eigenvalue weighted by Gasteiger charge is 2.18. The number of oxazole rings is 1. The van der Waals surface area contributed by atoms with E-state index in [-0.39, 0.29) is 11.7 Å². The molecule has 0 fully saturated rings. The van der Waals surface area contributed by atoms with Gasteiger partial charge in [0.25, 0.3) is 5.22 Å². The third-order valence-corrected chi connectivity index (χ3v) is 4.96. The summed E-state index contributed by atoms with van der Waals surface area (Å²) in [5.41, 5.74) is 3.50. The van der Waals surface area contributed by atoms with Crippen LogP contribution in [0.1, 0.15) is 5.56 Å². The molecule has 3 aromatic carbocycles. The third-order valence-electron chi connectivity index (χ3n) is 4.15. The molecule has 1 aromatic heterocycles. The first-order chi connectivity index (χ1) is 13.3. The van der Waals surface area contributed by atoms with E-state index in [4.69, 9.17) is 4.42 Å². The molecule has 0 aliphatic heterocycles. The molecule has 0 unspecified atom stereocenters. The molecule has 4 rings (SSSR count). The summed E-state index contributed by atoms with van der Waals surface area (Å²) in [7, 11) is 0. The fourth-order valence-electron chi connectivity index (χ4n) is 2.81. The second kappa shape index (κ2) is 8.10. The zero-order valence-corrected chi connectivity index (χ0v) is 15.4. The van der Waals surface area contributed by atoms with Crippen LogP contribution in [0.15, 0.2) is 94.6 Å². The van der Waals surface area contributed by atoms with Crippen LogP contribution in [-0.4, -0.2) is 16.6 Å². The van der Waals surface area contributed by atoms with Gasteiger partial charge in [-0.3, -0.25) is 4.79 Å². The van der Waals surface area contributed by atoms with Crippen LogP contribution >= 0.6 is 11.8 Å². The SMILES string of the molecule is O=C(CSc1nc2ccccc2o1)N(Cc1ccccc1)c1ccccc1. The number of aromatic nitrogens is 1. The second-order valence-corrected chi connectivity index (χ2v) is 6.96. The summed E-state index contributed by atoms with van der Waals surface area (Å²) in [4.78, 5) is 19.2. The number of rotatable bonds is 6. The van der Waals surface area contributed by atoms with Gasteiger partial charge in [0.15, 0.2) is 5.58 Å². The van der Waals surface area contributed by atoms with E-state index >= 15 is 0 Å². The van der Waals surface area contributed by atoms with Crippen LogP contribution in [-0.2, 0) is 11.3 Å². The zero-order chi connectivity index (χ0) is 18.5. The van der Waals surface area contributed by atoms with Crippen molar-refractivity contribution in [2.75, 3.05) is 10.7 Å². The van der Waals surface area contributed by atoms with Crippen LogP contribution in [0.5, 0.6) is 0 Å². The molecule has 4 aromatic rings. The van der Waals surface area contributed by atoms with E-state index in [9.17, 15) is 4.79 Å². The average molecular weight is 374 g/mol. The lowest BCUT2D eigenvalue weighted by Crippen LogP contribution is -2.31. The van der Waals surface area contributed by atoms with Crippen molar-refractivity contribution in [3.63, 3.8) is 0 Å². The Bertz CT molecular complexity index is 999. The van der Waals surface area contributed by atoms with Crippen molar-refractivity contribution in [3.8, 4) is 0 Å². The van der Waals surface area contributed by atoms with Gasteiger partial charge in [0.1, 0.15) is 5.52 Å². The normalized spacial score (nSPS) is 10.8. The number of amides is 1. The van der Waals surface area contributed by atoms with Crippen LogP contribution in [0.4, 0.5) is 5.69 Å². The summed E-state index contributed by atoms with van der Waals surface area (Å²) in [5.74, 6) is 0.270. The lowest BCUT2D eigenvalue weighted by molar-refractivity contribution is -0.116. The molecule has 0 N–H and O–H groups in total. The second-order valence-electron chi connectivity index (χ2n) is 6.04. The number of benzene rings is 3. The maximum atomic E-state index is 13.0. The first-order valence-corrected chi connectivity index (χ1v) is 9.66. The number of thioether (sulfide) groups is 1. The number of hydrogen-bond acceptors (Lipinski definition) is 4. The molecule has 4 nitrogen and oxygen atoms in total. The molecule has 0 radical (unpaired) electrons. The van der Waals surface area contributed by atoms with Crippen LogP contribution < -0.4 is 4.90 Å². The maximum Gasteiger partial charge on any atom is 0.257 e. The monoisotopic (exact) mass is 374 g/mol. The van der Waals surface area contributed by atoms with Gasteiger partial charge in [-0.1, -0.05) is 72.4 Å². The quantitative estimate of drug-likeness (QED) is 0.438. The highest BCUT2D eigenvalue weighted by atomic mass is 32.2. The largest absolute Gasteiger partial charge is 0.431 e. The standard InChI is InChI=1S/C22H18N2O2S/c25-21(16-27-22-23-19-13-7-8-14-20(19)26-22)24(18-11-5-2-6-12-18)15-17-9-3-1-4-10-17/h1-14H,15-16H2. The Morgan fingerprint density at radius 3 is 2.30 bits per heavy atom. The Morgan fingerprint density at radius 1 is 0.889 bits per heavy atom. The smallest absolute Gasteiger partial charge is 0.257 e. The van der Waals surface area contributed by atoms with Crippen LogP contribution in [0.2, 0.25) is 0 Å². The number of nitrogens with zero attached hydrogens (tertiary/aromatic N) is 2. The van der Waals surface area contributed by atoms with Crippen LogP contribution in [0, 0.1) is 0 Å². The number of anilines is 1. The summed E-state index contributed by atoms with van der Waals surface area (Å²) in [5, 5.41) is 0.511. The summed E-state index contributed by atoms with van der Waals surface area (Å²) in [6.45, 7) is 0.526. The van der Waals surface area contributed by atoms with E-state index < -0.39 is 0 Å². The Morgan fingerprint density at radius 2 is 1.56 bits per heavy atom. The molecule has 134 valence electrons. The molecule has 5 heteroatoms. The molecule has 0 aliphatic rings. The van der Waals surface area contributed by atoms with Gasteiger partial charge in [-0.05, 0) is 29.8 Å². The van der Waals surface area contributed by atoms with Gasteiger partial charge in [0, 0.05) is 5.69 Å². The molecule has 1 heterocycles. The van der Waals surface area contributed by atoms with Crippen molar-refractivity contribution in [3.05, 3.63) is 90.5 Å². The summed E-state index contributed by atoms with van der Waals surface area (Å²) >= 11 is 1.32. The lowest BCUT2D eigenvalue weighted by atomic mass is 10.2. The molecule has 0 aliphatic carbocycles. The number of carbonyl (C=O) groups is 1. The number of para-hydroxylation sites is 3. The van der Waals surface area contributed by atoms with Gasteiger partial charge in [-0.25, -0.2) is 4.98 Å². The first kappa shape index (κ1) is 17.4. The summed E-state index contributed by atoms with van der Waals surface area (Å²) in [6.07, 6.45) is 0. The third kappa shape index (κ3) is 4.20. The molecule has 0 atom stereocenters. The molecule has 27 heavy (non-hydrogen) atoms. The number of hydrogen-bond donors (Lipinski definition) is 0. The predicted molar refractivity (Wildman–Crippen MR) is 109 cm³/mol. The topological polar surface area (TPSA) is 46.3 Å². The molecule has 0 saturated carbocycles. The molecular weight excluding hydrogens is 356 g/mol. The molecular formula is C22H18N2O2S. The minimum atomic E-state index is 0.0114. The van der Waals surface area contributed by atoms with Gasteiger partial charge in [0.05, 0.1) is 12.3 Å². The number of fused-ring (bicyclic) bond motifs is 1. The van der Waals surface area contributed by atoms with E-state index in [0.29, 0.717) is 11.8 Å². The van der Waals surface area contributed by atoms with Crippen LogP contribution in [0.25, 0.3) is 11.1 Å². The van der Waals surface area contributed by atoms with Crippen molar-refractivity contribution in [1.29, 1.82) is 0 Å². The van der Waals surface area contributed by atoms with Crippen molar-refractivity contribution < 1.29 is 9.21 Å². The zero-order valence-electron chi connectivity index (χ0n) is 14.6. The van der Waals surface area contributed by atoms with E-state index in [1.165, 1.54) is 11.8 Å². The van der Waals surface area contributed by atoms with Crippen molar-refractivity contribution in [2.45, 2.75) is 11.8 Å². The van der Waals surface area contributed by atoms with Gasteiger partial charge in [-0.15, -0.1) is 0 Å². The number of carbonyl (C=O) groups excluding carboxylic acids is 1. The van der Waals surface area contributed by atoms with Crippen molar-refractivity contribution >= 4 is 34.5 Å². The Kier molecular flexibility index (Phi) is 5.21. The fraction of sp³-hybridized carbons (Fsp3) is 0.0909. The van der Waals surface area contributed by atoms with E-state index in [1.54, 1.807) is 4.90 Å². The van der Waals surface area contributed by atoms with E-state index in [2.05, 4.69) is 4.98 Å². The predicted octanol–water partition coefficient (Wildman–Crippen LogP) is 5.15. The summed E-state index contributed by atoms with van der Waals surface area (Å²) in [6, 6.07) is 27.3. The minimum Gasteiger partial charge on any atom is -0.431 e. The summed E-state index contributed by atoms with van der Waals surface area (Å²) < 4.78 is 5.70. The van der Waals surface area contributed by atoms with Gasteiger partial charge in [-0.2, -0.15) is 0 Å². The van der Waals surface area contributed by atoms with Gasteiger partial charge < -0.3 is 9.32 Å². The highest BCUT2D eigenvalue weighted by molar-refractivity contribution is 7.99. The molecule has 0 spiro atoms. The average Bonchev–Trinajstić information content (AvgIpc) is 3.15. The van der Waals surface area contributed by atoms with Crippen molar-refractivity contribution in [2.24, 2.45) is 0 Å². The van der Waals surface area contributed by atoms with E-state index in [0.717, 1.165) is 22.4 Å². The van der Waals surface area contributed by atoms with Crippen LogP contribution in [0.3, 0.4) is 0 Å². The molecule has 0 bridgehead atoms.